The Morgan fingerprint density at radius 2 is 2.05 bits per heavy atom. The van der Waals surface area contributed by atoms with Gasteiger partial charge in [0, 0.05) is 27.9 Å². The van der Waals surface area contributed by atoms with Crippen LogP contribution in [-0.4, -0.2) is 15.9 Å². The van der Waals surface area contributed by atoms with Crippen LogP contribution in [0, 0.1) is 0 Å². The summed E-state index contributed by atoms with van der Waals surface area (Å²) < 4.78 is 5.38. The topological polar surface area (TPSA) is 51.3 Å². The Morgan fingerprint density at radius 1 is 1.25 bits per heavy atom. The minimum absolute atomic E-state index is 0.0987. The fourth-order valence-corrected chi connectivity index (χ4v) is 2.93. The van der Waals surface area contributed by atoms with E-state index in [2.05, 4.69) is 15.2 Å². The van der Waals surface area contributed by atoms with Gasteiger partial charge in [0.05, 0.1) is 0 Å². The monoisotopic (exact) mass is 287 g/mol. The molecule has 5 heteroatoms. The second-order valence-electron chi connectivity index (χ2n) is 4.87. The van der Waals surface area contributed by atoms with E-state index >= 15 is 0 Å². The van der Waals surface area contributed by atoms with Gasteiger partial charge in [0.25, 0.3) is 0 Å². The van der Waals surface area contributed by atoms with Crippen molar-refractivity contribution in [1.29, 1.82) is 0 Å². The maximum absolute atomic E-state index is 6.35. The lowest BCUT2D eigenvalue weighted by molar-refractivity contribution is 0.531. The van der Waals surface area contributed by atoms with Crippen molar-refractivity contribution >= 4 is 22.9 Å². The lowest BCUT2D eigenvalue weighted by Gasteiger charge is -2.24. The van der Waals surface area contributed by atoms with Crippen molar-refractivity contribution in [2.45, 2.75) is 26.2 Å². The molecule has 0 saturated heterocycles. The third-order valence-corrected chi connectivity index (χ3v) is 3.81. The minimum atomic E-state index is 0.0987. The molecule has 0 radical (unpaired) electrons. The molecule has 2 heterocycles. The molecule has 20 heavy (non-hydrogen) atoms. The fourth-order valence-electron chi connectivity index (χ4n) is 2.66. The Hall–Kier alpha value is -1.94. The Labute approximate surface area is 122 Å². The van der Waals surface area contributed by atoms with Crippen molar-refractivity contribution in [3.63, 3.8) is 0 Å². The normalized spacial score (nSPS) is 19.1. The number of nitrogens with zero attached hydrogens (tertiary/aromatic N) is 3. The maximum atomic E-state index is 6.35. The summed E-state index contributed by atoms with van der Waals surface area (Å²) in [5, 5.41) is 8.55. The maximum Gasteiger partial charge on any atom is 0.245 e. The molecule has 0 aliphatic carbocycles. The molecule has 1 aromatic carbocycles. The summed E-state index contributed by atoms with van der Waals surface area (Å²) >= 11 is 6.35. The highest BCUT2D eigenvalue weighted by molar-refractivity contribution is 6.31. The second kappa shape index (κ2) is 5.21. The molecule has 0 amide bonds. The number of hydrogen-bond donors (Lipinski definition) is 0. The highest BCUT2D eigenvalue weighted by Gasteiger charge is 2.29. The smallest absolute Gasteiger partial charge is 0.245 e. The first-order chi connectivity index (χ1) is 9.66. The van der Waals surface area contributed by atoms with Crippen molar-refractivity contribution in [2.24, 2.45) is 4.99 Å². The van der Waals surface area contributed by atoms with Gasteiger partial charge in [-0.15, -0.1) is 10.2 Å². The van der Waals surface area contributed by atoms with Gasteiger partial charge in [-0.05, 0) is 31.9 Å². The van der Waals surface area contributed by atoms with Crippen LogP contribution >= 0.6 is 11.6 Å². The van der Waals surface area contributed by atoms with Gasteiger partial charge in [0.1, 0.15) is 0 Å². The quantitative estimate of drug-likeness (QED) is 0.835. The molecule has 0 N–H and O–H groups in total. The van der Waals surface area contributed by atoms with Crippen LogP contribution in [0.1, 0.15) is 37.6 Å². The SMILES string of the molecule is CC1=NC(C)=C(c2nnco2)C(c2ccccc2Cl)C1. The van der Waals surface area contributed by atoms with Crippen LogP contribution in [-0.2, 0) is 0 Å². The van der Waals surface area contributed by atoms with E-state index in [1.807, 2.05) is 38.1 Å². The molecule has 4 nitrogen and oxygen atoms in total. The zero-order chi connectivity index (χ0) is 14.1. The molecule has 1 aliphatic rings. The summed E-state index contributed by atoms with van der Waals surface area (Å²) in [5.41, 5.74) is 4.01. The number of halogens is 1. The lowest BCUT2D eigenvalue weighted by atomic mass is 9.84. The summed E-state index contributed by atoms with van der Waals surface area (Å²) in [7, 11) is 0. The lowest BCUT2D eigenvalue weighted by Crippen LogP contribution is -2.14. The van der Waals surface area contributed by atoms with Gasteiger partial charge in [-0.25, -0.2) is 0 Å². The van der Waals surface area contributed by atoms with Crippen LogP contribution in [0.2, 0.25) is 5.02 Å². The van der Waals surface area contributed by atoms with Crippen molar-refractivity contribution in [3.8, 4) is 0 Å². The number of aliphatic imine (C=N–C) groups is 1. The molecule has 1 atom stereocenters. The first kappa shape index (κ1) is 13.1. The van der Waals surface area contributed by atoms with Gasteiger partial charge in [-0.3, -0.25) is 4.99 Å². The van der Waals surface area contributed by atoms with Crippen molar-refractivity contribution in [1.82, 2.24) is 10.2 Å². The van der Waals surface area contributed by atoms with E-state index in [0.29, 0.717) is 5.89 Å². The first-order valence-corrected chi connectivity index (χ1v) is 6.80. The van der Waals surface area contributed by atoms with Gasteiger partial charge in [-0.1, -0.05) is 29.8 Å². The molecule has 0 spiro atoms. The zero-order valence-electron chi connectivity index (χ0n) is 11.3. The number of hydrogen-bond acceptors (Lipinski definition) is 4. The van der Waals surface area contributed by atoms with Crippen LogP contribution in [0.15, 0.2) is 45.8 Å². The third-order valence-electron chi connectivity index (χ3n) is 3.47. The van der Waals surface area contributed by atoms with E-state index in [-0.39, 0.29) is 5.92 Å². The molecule has 1 aromatic heterocycles. The van der Waals surface area contributed by atoms with Crippen LogP contribution in [0.25, 0.3) is 5.57 Å². The number of rotatable bonds is 2. The van der Waals surface area contributed by atoms with Crippen molar-refractivity contribution in [2.75, 3.05) is 0 Å². The van der Waals surface area contributed by atoms with Crippen LogP contribution in [0.5, 0.6) is 0 Å². The van der Waals surface area contributed by atoms with Crippen molar-refractivity contribution < 1.29 is 4.42 Å². The standard InChI is InChI=1S/C15H14ClN3O/c1-9-7-12(11-5-3-4-6-13(11)16)14(10(2)18-9)15-19-17-8-20-15/h3-6,8,12H,7H2,1-2H3. The van der Waals surface area contributed by atoms with E-state index < -0.39 is 0 Å². The van der Waals surface area contributed by atoms with Gasteiger partial charge in [0.15, 0.2) is 0 Å². The molecule has 2 aromatic rings. The van der Waals surface area contributed by atoms with Crippen LogP contribution in [0.4, 0.5) is 0 Å². The summed E-state index contributed by atoms with van der Waals surface area (Å²) in [6, 6.07) is 7.86. The molecule has 0 fully saturated rings. The largest absolute Gasteiger partial charge is 0.424 e. The van der Waals surface area contributed by atoms with Gasteiger partial charge in [-0.2, -0.15) is 0 Å². The average molecular weight is 288 g/mol. The Bertz CT molecular complexity index is 689. The Kier molecular flexibility index (Phi) is 3.40. The van der Waals surface area contributed by atoms with E-state index in [9.17, 15) is 0 Å². The van der Waals surface area contributed by atoms with Crippen LogP contribution < -0.4 is 0 Å². The third kappa shape index (κ3) is 2.27. The van der Waals surface area contributed by atoms with Crippen molar-refractivity contribution in [3.05, 3.63) is 52.8 Å². The molecule has 1 aliphatic heterocycles. The zero-order valence-corrected chi connectivity index (χ0v) is 12.1. The number of allylic oxidation sites excluding steroid dienone is 2. The predicted octanol–water partition coefficient (Wildman–Crippen LogP) is 4.10. The molecule has 1 unspecified atom stereocenters. The average Bonchev–Trinajstić information content (AvgIpc) is 2.92. The second-order valence-corrected chi connectivity index (χ2v) is 5.28. The molecule has 0 bridgehead atoms. The number of aromatic nitrogens is 2. The van der Waals surface area contributed by atoms with Gasteiger partial charge < -0.3 is 4.42 Å². The molecular formula is C15H14ClN3O. The van der Waals surface area contributed by atoms with Gasteiger partial charge in [0.2, 0.25) is 12.3 Å². The summed E-state index contributed by atoms with van der Waals surface area (Å²) in [5.74, 6) is 0.616. The molecular weight excluding hydrogens is 274 g/mol. The minimum Gasteiger partial charge on any atom is -0.424 e. The Morgan fingerprint density at radius 3 is 2.75 bits per heavy atom. The van der Waals surface area contributed by atoms with E-state index in [1.165, 1.54) is 6.39 Å². The summed E-state index contributed by atoms with van der Waals surface area (Å²) in [4.78, 5) is 4.55. The van der Waals surface area contributed by atoms with Crippen LogP contribution in [0.3, 0.4) is 0 Å². The molecule has 102 valence electrons. The Balaban J connectivity index is 2.15. The molecule has 3 rings (SSSR count). The fraction of sp³-hybridized carbons (Fsp3) is 0.267. The first-order valence-electron chi connectivity index (χ1n) is 6.42. The summed E-state index contributed by atoms with van der Waals surface area (Å²) in [6.45, 7) is 3.99. The van der Waals surface area contributed by atoms with Gasteiger partial charge >= 0.3 is 0 Å². The highest BCUT2D eigenvalue weighted by Crippen LogP contribution is 2.42. The van der Waals surface area contributed by atoms with E-state index in [4.69, 9.17) is 16.0 Å². The predicted molar refractivity (Wildman–Crippen MR) is 78.8 cm³/mol. The van der Waals surface area contributed by atoms with E-state index in [1.54, 1.807) is 0 Å². The van der Waals surface area contributed by atoms with E-state index in [0.717, 1.165) is 34.0 Å². The molecule has 0 saturated carbocycles. The summed E-state index contributed by atoms with van der Waals surface area (Å²) in [6.07, 6.45) is 2.14. The number of benzene rings is 1. The highest BCUT2D eigenvalue weighted by atomic mass is 35.5.